The molecule has 0 saturated heterocycles. The molecule has 1 aromatic carbocycles. The fourth-order valence-corrected chi connectivity index (χ4v) is 1.99. The van der Waals surface area contributed by atoms with Crippen molar-refractivity contribution in [1.82, 2.24) is 4.98 Å². The van der Waals surface area contributed by atoms with Crippen LogP contribution in [0.1, 0.15) is 22.9 Å². The van der Waals surface area contributed by atoms with Crippen LogP contribution in [0.15, 0.2) is 27.1 Å². The molecule has 1 aromatic heterocycles. The van der Waals surface area contributed by atoms with Gasteiger partial charge in [0.1, 0.15) is 11.5 Å². The summed E-state index contributed by atoms with van der Waals surface area (Å²) < 4.78 is 12.2. The van der Waals surface area contributed by atoms with Crippen molar-refractivity contribution < 1.29 is 9.15 Å². The highest BCUT2D eigenvalue weighted by Crippen LogP contribution is 2.23. The third-order valence-electron chi connectivity index (χ3n) is 2.56. The molecule has 17 heavy (non-hydrogen) atoms. The van der Waals surface area contributed by atoms with Crippen molar-refractivity contribution in [2.24, 2.45) is 0 Å². The molecule has 0 saturated carbocycles. The quantitative estimate of drug-likeness (QED) is 0.860. The highest BCUT2D eigenvalue weighted by Gasteiger charge is 2.07. The Labute approximate surface area is 109 Å². The summed E-state index contributed by atoms with van der Waals surface area (Å²) in [6.07, 6.45) is 0. The standard InChI is InChI=1S/C13H14BrNO2/c1-8-6-11(14)4-5-12(8)16-7-13-15-9(2)10(3)17-13/h4-6H,7H2,1-3H3. The Hall–Kier alpha value is -1.29. The molecule has 0 amide bonds. The van der Waals surface area contributed by atoms with Gasteiger partial charge in [-0.25, -0.2) is 4.98 Å². The maximum Gasteiger partial charge on any atom is 0.232 e. The number of nitrogens with zero attached hydrogens (tertiary/aromatic N) is 1. The molecular weight excluding hydrogens is 282 g/mol. The lowest BCUT2D eigenvalue weighted by molar-refractivity contribution is 0.259. The van der Waals surface area contributed by atoms with Crippen LogP contribution in [-0.4, -0.2) is 4.98 Å². The number of halogens is 1. The molecule has 3 nitrogen and oxygen atoms in total. The summed E-state index contributed by atoms with van der Waals surface area (Å²) in [6.45, 7) is 6.19. The van der Waals surface area contributed by atoms with Gasteiger partial charge >= 0.3 is 0 Å². The second kappa shape index (κ2) is 4.92. The van der Waals surface area contributed by atoms with Gasteiger partial charge in [-0.1, -0.05) is 15.9 Å². The summed E-state index contributed by atoms with van der Waals surface area (Å²) in [6, 6.07) is 5.90. The minimum absolute atomic E-state index is 0.358. The molecule has 90 valence electrons. The number of rotatable bonds is 3. The van der Waals surface area contributed by atoms with Crippen molar-refractivity contribution >= 4 is 15.9 Å². The zero-order chi connectivity index (χ0) is 12.4. The Morgan fingerprint density at radius 1 is 1.29 bits per heavy atom. The number of hydrogen-bond donors (Lipinski definition) is 0. The molecule has 0 spiro atoms. The topological polar surface area (TPSA) is 35.3 Å². The largest absolute Gasteiger partial charge is 0.484 e. The normalized spacial score (nSPS) is 10.6. The molecule has 2 aromatic rings. The first-order valence-electron chi connectivity index (χ1n) is 5.38. The molecule has 0 fully saturated rings. The molecule has 0 N–H and O–H groups in total. The highest BCUT2D eigenvalue weighted by molar-refractivity contribution is 9.10. The second-order valence-corrected chi connectivity index (χ2v) is 4.86. The lowest BCUT2D eigenvalue weighted by atomic mass is 10.2. The van der Waals surface area contributed by atoms with Crippen LogP contribution in [0, 0.1) is 20.8 Å². The van der Waals surface area contributed by atoms with Crippen molar-refractivity contribution in [3.8, 4) is 5.75 Å². The van der Waals surface area contributed by atoms with Gasteiger partial charge in [-0.2, -0.15) is 0 Å². The fourth-order valence-electron chi connectivity index (χ4n) is 1.52. The fraction of sp³-hybridized carbons (Fsp3) is 0.308. The molecule has 2 rings (SSSR count). The zero-order valence-corrected chi connectivity index (χ0v) is 11.7. The summed E-state index contributed by atoms with van der Waals surface area (Å²) in [5.74, 6) is 2.31. The Morgan fingerprint density at radius 2 is 2.06 bits per heavy atom. The van der Waals surface area contributed by atoms with Gasteiger partial charge in [0.05, 0.1) is 5.69 Å². The number of ether oxygens (including phenoxy) is 1. The van der Waals surface area contributed by atoms with Gasteiger partial charge in [0, 0.05) is 4.47 Å². The smallest absolute Gasteiger partial charge is 0.232 e. The Bertz CT molecular complexity index is 515. The van der Waals surface area contributed by atoms with Crippen LogP contribution in [0.5, 0.6) is 5.75 Å². The van der Waals surface area contributed by atoms with Crippen molar-refractivity contribution in [3.63, 3.8) is 0 Å². The van der Waals surface area contributed by atoms with Gasteiger partial charge in [-0.15, -0.1) is 0 Å². The Morgan fingerprint density at radius 3 is 2.65 bits per heavy atom. The van der Waals surface area contributed by atoms with Crippen molar-refractivity contribution in [1.29, 1.82) is 0 Å². The first kappa shape index (κ1) is 12.2. The van der Waals surface area contributed by atoms with E-state index >= 15 is 0 Å². The molecule has 4 heteroatoms. The van der Waals surface area contributed by atoms with E-state index in [0.717, 1.165) is 27.2 Å². The van der Waals surface area contributed by atoms with E-state index in [1.54, 1.807) is 0 Å². The Balaban J connectivity index is 2.07. The SMILES string of the molecule is Cc1cc(Br)ccc1OCc1nc(C)c(C)o1. The van der Waals surface area contributed by atoms with Gasteiger partial charge < -0.3 is 9.15 Å². The third kappa shape index (κ3) is 2.88. The number of aryl methyl sites for hydroxylation is 3. The molecule has 0 aliphatic rings. The van der Waals surface area contributed by atoms with Crippen LogP contribution in [0.3, 0.4) is 0 Å². The Kier molecular flexibility index (Phi) is 3.52. The minimum Gasteiger partial charge on any atom is -0.484 e. The lowest BCUT2D eigenvalue weighted by Crippen LogP contribution is -1.97. The van der Waals surface area contributed by atoms with Crippen molar-refractivity contribution in [3.05, 3.63) is 45.6 Å². The van der Waals surface area contributed by atoms with Gasteiger partial charge in [0.2, 0.25) is 5.89 Å². The van der Waals surface area contributed by atoms with E-state index in [-0.39, 0.29) is 0 Å². The maximum atomic E-state index is 5.67. The molecule has 1 heterocycles. The molecular formula is C13H14BrNO2. The van der Waals surface area contributed by atoms with E-state index in [9.17, 15) is 0 Å². The second-order valence-electron chi connectivity index (χ2n) is 3.95. The van der Waals surface area contributed by atoms with Gasteiger partial charge in [-0.05, 0) is 44.5 Å². The van der Waals surface area contributed by atoms with E-state index in [1.165, 1.54) is 0 Å². The predicted octanol–water partition coefficient (Wildman–Crippen LogP) is 3.94. The molecule has 0 unspecified atom stereocenters. The van der Waals surface area contributed by atoms with E-state index in [2.05, 4.69) is 20.9 Å². The average Bonchev–Trinajstić information content (AvgIpc) is 2.57. The number of aromatic nitrogens is 1. The maximum absolute atomic E-state index is 5.67. The molecule has 0 aliphatic carbocycles. The van der Waals surface area contributed by atoms with Crippen LogP contribution in [0.2, 0.25) is 0 Å². The molecule has 0 bridgehead atoms. The van der Waals surface area contributed by atoms with E-state index in [1.807, 2.05) is 39.0 Å². The van der Waals surface area contributed by atoms with Crippen molar-refractivity contribution in [2.45, 2.75) is 27.4 Å². The first-order valence-corrected chi connectivity index (χ1v) is 6.17. The number of oxazole rings is 1. The minimum atomic E-state index is 0.358. The summed E-state index contributed by atoms with van der Waals surface area (Å²) in [5.41, 5.74) is 2.00. The summed E-state index contributed by atoms with van der Waals surface area (Å²) in [7, 11) is 0. The molecule has 0 aliphatic heterocycles. The van der Waals surface area contributed by atoms with Gasteiger partial charge in [-0.3, -0.25) is 0 Å². The number of benzene rings is 1. The first-order chi connectivity index (χ1) is 8.06. The predicted molar refractivity (Wildman–Crippen MR) is 69.2 cm³/mol. The van der Waals surface area contributed by atoms with E-state index < -0.39 is 0 Å². The van der Waals surface area contributed by atoms with Crippen LogP contribution in [0.25, 0.3) is 0 Å². The van der Waals surface area contributed by atoms with E-state index in [4.69, 9.17) is 9.15 Å². The third-order valence-corrected chi connectivity index (χ3v) is 3.05. The monoisotopic (exact) mass is 295 g/mol. The summed E-state index contributed by atoms with van der Waals surface area (Å²) in [5, 5.41) is 0. The highest BCUT2D eigenvalue weighted by atomic mass is 79.9. The lowest BCUT2D eigenvalue weighted by Gasteiger charge is -2.07. The molecule has 0 atom stereocenters. The summed E-state index contributed by atoms with van der Waals surface area (Å²) >= 11 is 3.42. The zero-order valence-electron chi connectivity index (χ0n) is 10.1. The molecule has 0 radical (unpaired) electrons. The van der Waals surface area contributed by atoms with Crippen LogP contribution in [-0.2, 0) is 6.61 Å². The summed E-state index contributed by atoms with van der Waals surface area (Å²) in [4.78, 5) is 4.27. The van der Waals surface area contributed by atoms with E-state index in [0.29, 0.717) is 12.5 Å². The van der Waals surface area contributed by atoms with Crippen LogP contribution >= 0.6 is 15.9 Å². The average molecular weight is 296 g/mol. The number of hydrogen-bond acceptors (Lipinski definition) is 3. The van der Waals surface area contributed by atoms with Gasteiger partial charge in [0.25, 0.3) is 0 Å². The van der Waals surface area contributed by atoms with Crippen LogP contribution in [0.4, 0.5) is 0 Å². The van der Waals surface area contributed by atoms with Crippen LogP contribution < -0.4 is 4.74 Å². The van der Waals surface area contributed by atoms with Gasteiger partial charge in [0.15, 0.2) is 6.61 Å². The van der Waals surface area contributed by atoms with Crippen molar-refractivity contribution in [2.75, 3.05) is 0 Å².